The Morgan fingerprint density at radius 1 is 1.47 bits per heavy atom. The summed E-state index contributed by atoms with van der Waals surface area (Å²) in [5, 5.41) is 9.60. The average molecular weight is 210 g/mol. The van der Waals surface area contributed by atoms with E-state index in [1.165, 1.54) is 0 Å². The molecular formula is C10H18N4O. The third kappa shape index (κ3) is 4.01. The van der Waals surface area contributed by atoms with Crippen molar-refractivity contribution in [3.05, 3.63) is 18.0 Å². The normalized spacial score (nSPS) is 10.0. The van der Waals surface area contributed by atoms with Gasteiger partial charge in [-0.1, -0.05) is 6.92 Å². The molecule has 5 nitrogen and oxygen atoms in total. The van der Waals surface area contributed by atoms with Gasteiger partial charge in [0.25, 0.3) is 0 Å². The lowest BCUT2D eigenvalue weighted by atomic mass is 10.3. The topological polar surface area (TPSA) is 59.0 Å². The summed E-state index contributed by atoms with van der Waals surface area (Å²) < 4.78 is 1.81. The predicted octanol–water partition coefficient (Wildman–Crippen LogP) is 0.672. The highest BCUT2D eigenvalue weighted by atomic mass is 16.2. The number of hydrogen-bond acceptors (Lipinski definition) is 2. The number of carbonyl (C=O) groups is 1. The maximum atomic E-state index is 11.2. The number of amides is 2. The summed E-state index contributed by atoms with van der Waals surface area (Å²) in [5.41, 5.74) is 1.12. The van der Waals surface area contributed by atoms with Crippen LogP contribution in [-0.4, -0.2) is 28.9 Å². The van der Waals surface area contributed by atoms with Gasteiger partial charge in [-0.2, -0.15) is 5.10 Å². The summed E-state index contributed by atoms with van der Waals surface area (Å²) in [6.45, 7) is 3.38. The molecule has 0 aliphatic rings. The molecule has 0 radical (unpaired) electrons. The highest BCUT2D eigenvalue weighted by molar-refractivity contribution is 5.73. The van der Waals surface area contributed by atoms with E-state index in [2.05, 4.69) is 15.7 Å². The van der Waals surface area contributed by atoms with E-state index in [1.807, 2.05) is 24.7 Å². The first-order chi connectivity index (χ1) is 7.24. The second-order valence-corrected chi connectivity index (χ2v) is 3.38. The lowest BCUT2D eigenvalue weighted by Crippen LogP contribution is -2.37. The second kappa shape index (κ2) is 6.06. The molecule has 0 spiro atoms. The van der Waals surface area contributed by atoms with E-state index in [1.54, 1.807) is 6.20 Å². The van der Waals surface area contributed by atoms with Crippen molar-refractivity contribution in [2.24, 2.45) is 7.05 Å². The quantitative estimate of drug-likeness (QED) is 0.750. The highest BCUT2D eigenvalue weighted by Gasteiger charge is 2.00. The van der Waals surface area contributed by atoms with Crippen LogP contribution in [0.25, 0.3) is 0 Å². The molecule has 1 aromatic heterocycles. The summed E-state index contributed by atoms with van der Waals surface area (Å²) in [6, 6.07) is 1.85. The standard InChI is InChI=1S/C10H18N4O/c1-3-6-11-10(15)12-7-4-9-5-8-13-14(9)2/h5,8H,3-4,6-7H2,1-2H3,(H2,11,12,15). The Balaban J connectivity index is 2.16. The van der Waals surface area contributed by atoms with Crippen LogP contribution < -0.4 is 10.6 Å². The van der Waals surface area contributed by atoms with Gasteiger partial charge in [0.2, 0.25) is 0 Å². The van der Waals surface area contributed by atoms with Crippen molar-refractivity contribution in [2.75, 3.05) is 13.1 Å². The van der Waals surface area contributed by atoms with Gasteiger partial charge in [-0.25, -0.2) is 4.79 Å². The van der Waals surface area contributed by atoms with Crippen molar-refractivity contribution >= 4 is 6.03 Å². The molecule has 1 aromatic rings. The molecule has 2 amide bonds. The van der Waals surface area contributed by atoms with E-state index in [0.29, 0.717) is 6.54 Å². The van der Waals surface area contributed by atoms with Gasteiger partial charge in [0.05, 0.1) is 0 Å². The summed E-state index contributed by atoms with van der Waals surface area (Å²) in [4.78, 5) is 11.2. The van der Waals surface area contributed by atoms with E-state index in [4.69, 9.17) is 0 Å². The Morgan fingerprint density at radius 3 is 2.80 bits per heavy atom. The van der Waals surface area contributed by atoms with Gasteiger partial charge >= 0.3 is 6.03 Å². The van der Waals surface area contributed by atoms with Crippen molar-refractivity contribution in [1.29, 1.82) is 0 Å². The zero-order valence-electron chi connectivity index (χ0n) is 9.29. The van der Waals surface area contributed by atoms with Crippen molar-refractivity contribution in [1.82, 2.24) is 20.4 Å². The minimum absolute atomic E-state index is 0.0981. The van der Waals surface area contributed by atoms with Crippen LogP contribution in [0.1, 0.15) is 19.0 Å². The molecule has 0 unspecified atom stereocenters. The molecule has 1 rings (SSSR count). The highest BCUT2D eigenvalue weighted by Crippen LogP contribution is 1.95. The summed E-state index contributed by atoms with van der Waals surface area (Å²) >= 11 is 0. The molecule has 2 N–H and O–H groups in total. The average Bonchev–Trinajstić information content (AvgIpc) is 2.61. The van der Waals surface area contributed by atoms with Crippen LogP contribution in [0, 0.1) is 0 Å². The second-order valence-electron chi connectivity index (χ2n) is 3.38. The fraction of sp³-hybridized carbons (Fsp3) is 0.600. The number of nitrogens with one attached hydrogen (secondary N) is 2. The number of nitrogens with zero attached hydrogens (tertiary/aromatic N) is 2. The Hall–Kier alpha value is -1.52. The number of aryl methyl sites for hydroxylation is 1. The molecule has 1 heterocycles. The zero-order valence-corrected chi connectivity index (χ0v) is 9.29. The zero-order chi connectivity index (χ0) is 11.1. The molecule has 84 valence electrons. The van der Waals surface area contributed by atoms with Gasteiger partial charge in [-0.15, -0.1) is 0 Å². The summed E-state index contributed by atoms with van der Waals surface area (Å²) in [7, 11) is 1.90. The van der Waals surface area contributed by atoms with Gasteiger partial charge in [-0.05, 0) is 12.5 Å². The number of hydrogen-bond donors (Lipinski definition) is 2. The number of aromatic nitrogens is 2. The molecule has 0 bridgehead atoms. The van der Waals surface area contributed by atoms with Crippen LogP contribution in [0.5, 0.6) is 0 Å². The predicted molar refractivity (Wildman–Crippen MR) is 58.6 cm³/mol. The fourth-order valence-electron chi connectivity index (χ4n) is 1.25. The van der Waals surface area contributed by atoms with E-state index < -0.39 is 0 Å². The van der Waals surface area contributed by atoms with Crippen LogP contribution in [0.2, 0.25) is 0 Å². The van der Waals surface area contributed by atoms with Crippen molar-refractivity contribution in [2.45, 2.75) is 19.8 Å². The molecule has 15 heavy (non-hydrogen) atoms. The molecule has 0 saturated heterocycles. The Kier molecular flexibility index (Phi) is 4.66. The van der Waals surface area contributed by atoms with Gasteiger partial charge in [0.15, 0.2) is 0 Å². The van der Waals surface area contributed by atoms with Gasteiger partial charge < -0.3 is 10.6 Å². The first-order valence-electron chi connectivity index (χ1n) is 5.22. The maximum absolute atomic E-state index is 11.2. The minimum atomic E-state index is -0.0981. The lowest BCUT2D eigenvalue weighted by Gasteiger charge is -2.06. The molecule has 5 heteroatoms. The van der Waals surface area contributed by atoms with E-state index in [-0.39, 0.29) is 6.03 Å². The van der Waals surface area contributed by atoms with Gasteiger partial charge in [-0.3, -0.25) is 4.68 Å². The lowest BCUT2D eigenvalue weighted by molar-refractivity contribution is 0.241. The van der Waals surface area contributed by atoms with Crippen LogP contribution in [0.15, 0.2) is 12.3 Å². The van der Waals surface area contributed by atoms with Crippen molar-refractivity contribution in [3.63, 3.8) is 0 Å². The number of rotatable bonds is 5. The Labute approximate surface area is 89.9 Å². The Bertz CT molecular complexity index is 308. The molecule has 0 saturated carbocycles. The first-order valence-corrected chi connectivity index (χ1v) is 5.22. The smallest absolute Gasteiger partial charge is 0.314 e. The molecule has 0 aliphatic heterocycles. The van der Waals surface area contributed by atoms with E-state index >= 15 is 0 Å². The molecule has 0 fully saturated rings. The number of carbonyl (C=O) groups excluding carboxylic acids is 1. The SMILES string of the molecule is CCCNC(=O)NCCc1ccnn1C. The van der Waals surface area contributed by atoms with Gasteiger partial charge in [0.1, 0.15) is 0 Å². The number of urea groups is 1. The molecule has 0 atom stereocenters. The third-order valence-electron chi connectivity index (χ3n) is 2.12. The fourth-order valence-corrected chi connectivity index (χ4v) is 1.25. The largest absolute Gasteiger partial charge is 0.338 e. The monoisotopic (exact) mass is 210 g/mol. The summed E-state index contributed by atoms with van der Waals surface area (Å²) in [6.07, 6.45) is 3.51. The van der Waals surface area contributed by atoms with Crippen molar-refractivity contribution in [3.8, 4) is 0 Å². The van der Waals surface area contributed by atoms with Crippen LogP contribution in [0.3, 0.4) is 0 Å². The van der Waals surface area contributed by atoms with E-state index in [9.17, 15) is 4.79 Å². The molecule has 0 aromatic carbocycles. The van der Waals surface area contributed by atoms with Crippen molar-refractivity contribution < 1.29 is 4.79 Å². The van der Waals surface area contributed by atoms with E-state index in [0.717, 1.165) is 25.1 Å². The van der Waals surface area contributed by atoms with Crippen LogP contribution >= 0.6 is 0 Å². The van der Waals surface area contributed by atoms with Gasteiger partial charge in [0, 0.05) is 38.4 Å². The third-order valence-corrected chi connectivity index (χ3v) is 2.12. The Morgan fingerprint density at radius 2 is 2.20 bits per heavy atom. The summed E-state index contributed by atoms with van der Waals surface area (Å²) in [5.74, 6) is 0. The van der Waals surface area contributed by atoms with Crippen LogP contribution in [0.4, 0.5) is 4.79 Å². The maximum Gasteiger partial charge on any atom is 0.314 e. The van der Waals surface area contributed by atoms with Crippen LogP contribution in [-0.2, 0) is 13.5 Å². The molecule has 0 aliphatic carbocycles. The first kappa shape index (κ1) is 11.6. The molecular weight excluding hydrogens is 192 g/mol. The minimum Gasteiger partial charge on any atom is -0.338 e.